The third-order valence-corrected chi connectivity index (χ3v) is 3.45. The minimum Gasteiger partial charge on any atom is -0.463 e. The Morgan fingerprint density at radius 3 is 2.54 bits per heavy atom. The van der Waals surface area contributed by atoms with Crippen molar-refractivity contribution in [3.05, 3.63) is 12.7 Å². The molecule has 0 spiro atoms. The number of hydrogen-bond acceptors (Lipinski definition) is 4. The van der Waals surface area contributed by atoms with Gasteiger partial charge in [-0.2, -0.15) is 0 Å². The molecule has 0 amide bonds. The van der Waals surface area contributed by atoms with E-state index in [1.807, 2.05) is 0 Å². The average Bonchev–Trinajstić information content (AvgIpc) is 2.18. The van der Waals surface area contributed by atoms with Crippen molar-refractivity contribution in [2.24, 2.45) is 0 Å². The van der Waals surface area contributed by atoms with Crippen molar-refractivity contribution in [2.45, 2.75) is 12.5 Å². The maximum Gasteiger partial charge on any atom is 0.330 e. The standard InChI is InChI=1S/C8H16O4Si/c1-4-8(9)12-6-5-7-13(10-2)11-3/h4,13H,1,5-7H2,2-3H3. The number of rotatable bonds is 7. The highest BCUT2D eigenvalue weighted by Crippen LogP contribution is 1.99. The fraction of sp³-hybridized carbons (Fsp3) is 0.625. The van der Waals surface area contributed by atoms with Gasteiger partial charge in [0.25, 0.3) is 0 Å². The number of esters is 1. The lowest BCUT2D eigenvalue weighted by Gasteiger charge is -2.09. The number of ether oxygens (including phenoxy) is 1. The van der Waals surface area contributed by atoms with E-state index < -0.39 is 9.28 Å². The second kappa shape index (κ2) is 7.97. The van der Waals surface area contributed by atoms with E-state index in [1.54, 1.807) is 14.2 Å². The summed E-state index contributed by atoms with van der Waals surface area (Å²) in [6.45, 7) is 3.70. The lowest BCUT2D eigenvalue weighted by Crippen LogP contribution is -2.19. The van der Waals surface area contributed by atoms with Crippen molar-refractivity contribution in [3.8, 4) is 0 Å². The summed E-state index contributed by atoms with van der Waals surface area (Å²) >= 11 is 0. The second-order valence-electron chi connectivity index (χ2n) is 2.41. The van der Waals surface area contributed by atoms with Crippen LogP contribution in [0.4, 0.5) is 0 Å². The van der Waals surface area contributed by atoms with E-state index in [0.29, 0.717) is 6.61 Å². The molecule has 0 aromatic heterocycles. The Morgan fingerprint density at radius 1 is 1.46 bits per heavy atom. The maximum absolute atomic E-state index is 10.6. The highest BCUT2D eigenvalue weighted by Gasteiger charge is 2.08. The number of carbonyl (C=O) groups excluding carboxylic acids is 1. The fourth-order valence-corrected chi connectivity index (χ4v) is 1.98. The molecule has 0 aromatic carbocycles. The van der Waals surface area contributed by atoms with Gasteiger partial charge in [0.2, 0.25) is 0 Å². The Kier molecular flexibility index (Phi) is 7.57. The average molecular weight is 204 g/mol. The van der Waals surface area contributed by atoms with Crippen LogP contribution in [0.3, 0.4) is 0 Å². The van der Waals surface area contributed by atoms with Crippen molar-refractivity contribution in [3.63, 3.8) is 0 Å². The van der Waals surface area contributed by atoms with Crippen LogP contribution in [-0.2, 0) is 18.4 Å². The molecular formula is C8H16O4Si. The van der Waals surface area contributed by atoms with Gasteiger partial charge in [0.1, 0.15) is 0 Å². The molecule has 0 atom stereocenters. The molecule has 13 heavy (non-hydrogen) atoms. The van der Waals surface area contributed by atoms with E-state index in [-0.39, 0.29) is 5.97 Å². The largest absolute Gasteiger partial charge is 0.463 e. The van der Waals surface area contributed by atoms with Crippen LogP contribution >= 0.6 is 0 Å². The number of carbonyl (C=O) groups is 1. The summed E-state index contributed by atoms with van der Waals surface area (Å²) in [5, 5.41) is 0. The molecule has 5 heteroatoms. The van der Waals surface area contributed by atoms with Crippen LogP contribution in [0.2, 0.25) is 6.04 Å². The molecule has 0 unspecified atom stereocenters. The lowest BCUT2D eigenvalue weighted by atomic mass is 10.5. The molecule has 0 bridgehead atoms. The third kappa shape index (κ3) is 6.50. The van der Waals surface area contributed by atoms with E-state index in [9.17, 15) is 4.79 Å². The minimum atomic E-state index is -1.48. The summed E-state index contributed by atoms with van der Waals surface area (Å²) in [5.41, 5.74) is 0. The van der Waals surface area contributed by atoms with E-state index in [0.717, 1.165) is 18.5 Å². The molecular weight excluding hydrogens is 188 g/mol. The minimum absolute atomic E-state index is 0.381. The molecule has 0 N–H and O–H groups in total. The molecule has 0 radical (unpaired) electrons. The zero-order valence-electron chi connectivity index (χ0n) is 8.12. The Balaban J connectivity index is 3.33. The quantitative estimate of drug-likeness (QED) is 0.264. The highest BCUT2D eigenvalue weighted by atomic mass is 28.3. The van der Waals surface area contributed by atoms with Crippen LogP contribution in [-0.4, -0.2) is 36.1 Å². The smallest absolute Gasteiger partial charge is 0.330 e. The Bertz CT molecular complexity index is 156. The van der Waals surface area contributed by atoms with E-state index in [1.165, 1.54) is 0 Å². The van der Waals surface area contributed by atoms with Gasteiger partial charge in [0, 0.05) is 20.3 Å². The van der Waals surface area contributed by atoms with Crippen molar-refractivity contribution in [1.29, 1.82) is 0 Å². The summed E-state index contributed by atoms with van der Waals surface area (Å²) in [7, 11) is 1.79. The predicted molar refractivity (Wildman–Crippen MR) is 51.7 cm³/mol. The van der Waals surface area contributed by atoms with Crippen LogP contribution in [0.1, 0.15) is 6.42 Å². The fourth-order valence-electron chi connectivity index (χ4n) is 0.814. The molecule has 0 saturated heterocycles. The monoisotopic (exact) mass is 204 g/mol. The van der Waals surface area contributed by atoms with Gasteiger partial charge in [-0.25, -0.2) is 4.79 Å². The van der Waals surface area contributed by atoms with Gasteiger partial charge in [-0.05, 0) is 12.5 Å². The Hall–Kier alpha value is -0.653. The molecule has 0 saturated carbocycles. The molecule has 0 fully saturated rings. The van der Waals surface area contributed by atoms with Gasteiger partial charge in [-0.15, -0.1) is 0 Å². The molecule has 0 heterocycles. The number of hydrogen-bond donors (Lipinski definition) is 0. The van der Waals surface area contributed by atoms with Crippen LogP contribution in [0.25, 0.3) is 0 Å². The van der Waals surface area contributed by atoms with Crippen molar-refractivity contribution >= 4 is 15.3 Å². The summed E-state index contributed by atoms with van der Waals surface area (Å²) in [6, 6.07) is 0.845. The van der Waals surface area contributed by atoms with Gasteiger partial charge in [0.15, 0.2) is 0 Å². The first-order valence-electron chi connectivity index (χ1n) is 4.09. The third-order valence-electron chi connectivity index (χ3n) is 1.52. The zero-order valence-corrected chi connectivity index (χ0v) is 9.27. The summed E-state index contributed by atoms with van der Waals surface area (Å²) in [4.78, 5) is 10.6. The summed E-state index contributed by atoms with van der Waals surface area (Å²) in [5.74, 6) is -0.381. The first kappa shape index (κ1) is 12.3. The van der Waals surface area contributed by atoms with E-state index >= 15 is 0 Å². The zero-order chi connectivity index (χ0) is 10.1. The molecule has 0 aliphatic carbocycles. The van der Waals surface area contributed by atoms with Gasteiger partial charge < -0.3 is 13.6 Å². The van der Waals surface area contributed by atoms with Crippen LogP contribution in [0.15, 0.2) is 12.7 Å². The van der Waals surface area contributed by atoms with Crippen LogP contribution in [0, 0.1) is 0 Å². The normalized spacial score (nSPS) is 10.1. The topological polar surface area (TPSA) is 44.8 Å². The summed E-state index contributed by atoms with van der Waals surface area (Å²) < 4.78 is 15.0. The van der Waals surface area contributed by atoms with Gasteiger partial charge >= 0.3 is 15.3 Å². The maximum atomic E-state index is 10.6. The first-order valence-corrected chi connectivity index (χ1v) is 5.85. The van der Waals surface area contributed by atoms with Gasteiger partial charge in [0.05, 0.1) is 6.61 Å². The van der Waals surface area contributed by atoms with Crippen molar-refractivity contribution < 1.29 is 18.4 Å². The molecule has 0 aliphatic rings. The molecule has 0 rings (SSSR count). The summed E-state index contributed by atoms with van der Waals surface area (Å²) in [6.07, 6.45) is 1.93. The van der Waals surface area contributed by atoms with Gasteiger partial charge in [-0.3, -0.25) is 0 Å². The van der Waals surface area contributed by atoms with E-state index in [2.05, 4.69) is 6.58 Å². The Morgan fingerprint density at radius 2 is 2.08 bits per heavy atom. The van der Waals surface area contributed by atoms with Crippen LogP contribution in [0.5, 0.6) is 0 Å². The Labute approximate surface area is 80.3 Å². The predicted octanol–water partition coefficient (Wildman–Crippen LogP) is 0.619. The highest BCUT2D eigenvalue weighted by molar-refractivity contribution is 6.44. The van der Waals surface area contributed by atoms with E-state index in [4.69, 9.17) is 13.6 Å². The lowest BCUT2D eigenvalue weighted by molar-refractivity contribution is -0.137. The second-order valence-corrected chi connectivity index (χ2v) is 4.79. The first-order chi connectivity index (χ1) is 6.24. The SMILES string of the molecule is C=CC(=O)OCCC[SiH](OC)OC. The van der Waals surface area contributed by atoms with Crippen molar-refractivity contribution in [2.75, 3.05) is 20.8 Å². The molecule has 0 aromatic rings. The van der Waals surface area contributed by atoms with Gasteiger partial charge in [-0.1, -0.05) is 6.58 Å². The van der Waals surface area contributed by atoms with Crippen molar-refractivity contribution in [1.82, 2.24) is 0 Å². The molecule has 4 nitrogen and oxygen atoms in total. The molecule has 76 valence electrons. The van der Waals surface area contributed by atoms with Crippen LogP contribution < -0.4 is 0 Å². The molecule has 0 aliphatic heterocycles.